The van der Waals surface area contributed by atoms with E-state index in [9.17, 15) is 14.0 Å². The number of hydrogen-bond acceptors (Lipinski definition) is 3. The van der Waals surface area contributed by atoms with Crippen LogP contribution in [0.1, 0.15) is 43.2 Å². The summed E-state index contributed by atoms with van der Waals surface area (Å²) in [6.45, 7) is 0.0303. The molecule has 0 radical (unpaired) electrons. The summed E-state index contributed by atoms with van der Waals surface area (Å²) in [5.41, 5.74) is 1.91. The molecule has 0 heterocycles. The van der Waals surface area contributed by atoms with Gasteiger partial charge in [-0.15, -0.1) is 0 Å². The van der Waals surface area contributed by atoms with E-state index in [2.05, 4.69) is 5.32 Å². The van der Waals surface area contributed by atoms with Crippen molar-refractivity contribution in [3.8, 4) is 5.75 Å². The van der Waals surface area contributed by atoms with Gasteiger partial charge in [0.1, 0.15) is 17.6 Å². The van der Waals surface area contributed by atoms with E-state index >= 15 is 0 Å². The fraction of sp³-hybridized carbons (Fsp3) is 0.333. The fourth-order valence-corrected chi connectivity index (χ4v) is 4.64. The van der Waals surface area contributed by atoms with Crippen LogP contribution in [0, 0.1) is 5.82 Å². The van der Waals surface area contributed by atoms with Crippen LogP contribution in [0.5, 0.6) is 5.75 Å². The van der Waals surface area contributed by atoms with Crippen LogP contribution in [0.15, 0.2) is 84.9 Å². The molecule has 0 aromatic heterocycles. The van der Waals surface area contributed by atoms with Crippen LogP contribution >= 0.6 is 0 Å². The normalized spacial score (nSPS) is 14.6. The smallest absolute Gasteiger partial charge is 0.261 e. The standard InChI is InChI=1S/C30H33FN2O3/c31-25-16-18-27(19-17-25)36-22-29(34)33(21-24-12-6-2-7-13-24)28(20-23-10-4-1-5-11-23)30(35)32-26-14-8-3-9-15-26/h1-2,4-7,10-13,16-19,26,28H,3,8-9,14-15,20-22H2,(H,32,35). The molecule has 0 aliphatic heterocycles. The predicted molar refractivity (Wildman–Crippen MR) is 138 cm³/mol. The molecule has 1 unspecified atom stereocenters. The summed E-state index contributed by atoms with van der Waals surface area (Å²) in [7, 11) is 0. The average Bonchev–Trinajstić information content (AvgIpc) is 2.92. The van der Waals surface area contributed by atoms with Crippen molar-refractivity contribution >= 4 is 11.8 Å². The molecule has 188 valence electrons. The van der Waals surface area contributed by atoms with Crippen molar-refractivity contribution in [1.82, 2.24) is 10.2 Å². The number of benzene rings is 3. The van der Waals surface area contributed by atoms with E-state index in [4.69, 9.17) is 4.74 Å². The minimum atomic E-state index is -0.696. The second-order valence-electron chi connectivity index (χ2n) is 9.30. The molecule has 0 spiro atoms. The Balaban J connectivity index is 1.58. The lowest BCUT2D eigenvalue weighted by atomic mass is 9.94. The van der Waals surface area contributed by atoms with Gasteiger partial charge in [-0.2, -0.15) is 0 Å². The lowest BCUT2D eigenvalue weighted by Gasteiger charge is -2.33. The minimum Gasteiger partial charge on any atom is -0.484 e. The Morgan fingerprint density at radius 2 is 1.47 bits per heavy atom. The van der Waals surface area contributed by atoms with Gasteiger partial charge in [-0.25, -0.2) is 4.39 Å². The van der Waals surface area contributed by atoms with Crippen LogP contribution in [0.4, 0.5) is 4.39 Å². The predicted octanol–water partition coefficient (Wildman–Crippen LogP) is 5.29. The van der Waals surface area contributed by atoms with Crippen LogP contribution in [0.25, 0.3) is 0 Å². The highest BCUT2D eigenvalue weighted by Crippen LogP contribution is 2.20. The highest BCUT2D eigenvalue weighted by Gasteiger charge is 2.32. The van der Waals surface area contributed by atoms with Crippen molar-refractivity contribution in [2.75, 3.05) is 6.61 Å². The number of nitrogens with zero attached hydrogens (tertiary/aromatic N) is 1. The first-order chi connectivity index (χ1) is 17.6. The lowest BCUT2D eigenvalue weighted by Crippen LogP contribution is -2.53. The number of carbonyl (C=O) groups is 2. The summed E-state index contributed by atoms with van der Waals surface area (Å²) in [4.78, 5) is 28.9. The maximum atomic E-state index is 13.7. The first-order valence-corrected chi connectivity index (χ1v) is 12.6. The molecule has 1 fully saturated rings. The number of halogens is 1. The summed E-state index contributed by atoms with van der Waals surface area (Å²) < 4.78 is 19.0. The molecular formula is C30H33FN2O3. The molecule has 0 saturated heterocycles. The van der Waals surface area contributed by atoms with Gasteiger partial charge in [0.2, 0.25) is 5.91 Å². The van der Waals surface area contributed by atoms with Crippen LogP contribution < -0.4 is 10.1 Å². The molecule has 6 heteroatoms. The van der Waals surface area contributed by atoms with Crippen LogP contribution in [-0.2, 0) is 22.6 Å². The van der Waals surface area contributed by atoms with Gasteiger partial charge in [0.25, 0.3) is 5.91 Å². The van der Waals surface area contributed by atoms with E-state index in [-0.39, 0.29) is 36.8 Å². The molecule has 1 aliphatic rings. The number of hydrogen-bond donors (Lipinski definition) is 1. The molecule has 0 bridgehead atoms. The van der Waals surface area contributed by atoms with E-state index in [0.29, 0.717) is 12.2 Å². The van der Waals surface area contributed by atoms with Gasteiger partial charge in [0, 0.05) is 19.0 Å². The van der Waals surface area contributed by atoms with E-state index in [1.165, 1.54) is 30.7 Å². The highest BCUT2D eigenvalue weighted by molar-refractivity contribution is 5.88. The molecule has 3 aromatic rings. The SMILES string of the molecule is O=C(NC1CCCCC1)C(Cc1ccccc1)N(Cc1ccccc1)C(=O)COc1ccc(F)cc1. The molecule has 1 aliphatic carbocycles. The maximum Gasteiger partial charge on any atom is 0.261 e. The molecule has 5 nitrogen and oxygen atoms in total. The Morgan fingerprint density at radius 3 is 2.11 bits per heavy atom. The zero-order chi connectivity index (χ0) is 25.2. The van der Waals surface area contributed by atoms with Crippen molar-refractivity contribution in [2.45, 2.75) is 57.2 Å². The monoisotopic (exact) mass is 488 g/mol. The van der Waals surface area contributed by atoms with Crippen molar-refractivity contribution in [3.05, 3.63) is 102 Å². The van der Waals surface area contributed by atoms with Crippen LogP contribution in [0.3, 0.4) is 0 Å². The van der Waals surface area contributed by atoms with E-state index in [1.807, 2.05) is 60.7 Å². The summed E-state index contributed by atoms with van der Waals surface area (Å²) in [5, 5.41) is 3.23. The molecular weight excluding hydrogens is 455 g/mol. The van der Waals surface area contributed by atoms with E-state index < -0.39 is 6.04 Å². The van der Waals surface area contributed by atoms with Gasteiger partial charge in [-0.05, 0) is 48.2 Å². The molecule has 2 amide bonds. The van der Waals surface area contributed by atoms with Gasteiger partial charge in [-0.1, -0.05) is 79.9 Å². The topological polar surface area (TPSA) is 58.6 Å². The summed E-state index contributed by atoms with van der Waals surface area (Å²) >= 11 is 0. The van der Waals surface area contributed by atoms with E-state index in [0.717, 1.165) is 36.8 Å². The Bertz CT molecular complexity index is 1100. The quantitative estimate of drug-likeness (QED) is 0.422. The number of nitrogens with one attached hydrogen (secondary N) is 1. The van der Waals surface area contributed by atoms with Crippen molar-refractivity contribution in [2.24, 2.45) is 0 Å². The Kier molecular flexibility index (Phi) is 9.09. The highest BCUT2D eigenvalue weighted by atomic mass is 19.1. The largest absolute Gasteiger partial charge is 0.484 e. The molecule has 36 heavy (non-hydrogen) atoms. The van der Waals surface area contributed by atoms with E-state index in [1.54, 1.807) is 4.90 Å². The number of ether oxygens (including phenoxy) is 1. The molecule has 1 atom stereocenters. The maximum absolute atomic E-state index is 13.7. The third kappa shape index (κ3) is 7.41. The molecule has 1 N–H and O–H groups in total. The van der Waals surface area contributed by atoms with Crippen LogP contribution in [-0.4, -0.2) is 35.4 Å². The average molecular weight is 489 g/mol. The Morgan fingerprint density at radius 1 is 0.861 bits per heavy atom. The first-order valence-electron chi connectivity index (χ1n) is 12.6. The zero-order valence-electron chi connectivity index (χ0n) is 20.4. The second-order valence-corrected chi connectivity index (χ2v) is 9.30. The number of amides is 2. The summed E-state index contributed by atoms with van der Waals surface area (Å²) in [6, 6.07) is 24.4. The van der Waals surface area contributed by atoms with Crippen molar-refractivity contribution in [3.63, 3.8) is 0 Å². The van der Waals surface area contributed by atoms with Crippen molar-refractivity contribution < 1.29 is 18.7 Å². The first kappa shape index (κ1) is 25.4. The molecule has 1 saturated carbocycles. The summed E-state index contributed by atoms with van der Waals surface area (Å²) in [6.07, 6.45) is 5.72. The van der Waals surface area contributed by atoms with Gasteiger partial charge in [-0.3, -0.25) is 9.59 Å². The second kappa shape index (κ2) is 12.9. The third-order valence-corrected chi connectivity index (χ3v) is 6.59. The number of carbonyl (C=O) groups excluding carboxylic acids is 2. The van der Waals surface area contributed by atoms with Gasteiger partial charge >= 0.3 is 0 Å². The fourth-order valence-electron chi connectivity index (χ4n) is 4.64. The van der Waals surface area contributed by atoms with Crippen molar-refractivity contribution in [1.29, 1.82) is 0 Å². The third-order valence-electron chi connectivity index (χ3n) is 6.59. The minimum absolute atomic E-state index is 0.133. The molecule has 3 aromatic carbocycles. The van der Waals surface area contributed by atoms with Gasteiger partial charge in [0.05, 0.1) is 0 Å². The summed E-state index contributed by atoms with van der Waals surface area (Å²) in [5.74, 6) is -0.419. The lowest BCUT2D eigenvalue weighted by molar-refractivity contribution is -0.143. The van der Waals surface area contributed by atoms with Crippen LogP contribution in [0.2, 0.25) is 0 Å². The Labute approximate surface area is 212 Å². The van der Waals surface area contributed by atoms with Gasteiger partial charge < -0.3 is 15.0 Å². The zero-order valence-corrected chi connectivity index (χ0v) is 20.4. The Hall–Kier alpha value is -3.67. The number of rotatable bonds is 10. The molecule has 4 rings (SSSR count). The van der Waals surface area contributed by atoms with Gasteiger partial charge in [0.15, 0.2) is 6.61 Å².